The zero-order valence-electron chi connectivity index (χ0n) is 11.2. The van der Waals surface area contributed by atoms with Gasteiger partial charge in [-0.3, -0.25) is 0 Å². The Balaban J connectivity index is 1.75. The molecule has 0 atom stereocenters. The van der Waals surface area contributed by atoms with Crippen LogP contribution in [0.15, 0.2) is 40.9 Å². The number of hydrogen-bond acceptors (Lipinski definition) is 3. The van der Waals surface area contributed by atoms with Crippen molar-refractivity contribution < 1.29 is 14.2 Å². The minimum atomic E-state index is 0.292. The van der Waals surface area contributed by atoms with Crippen LogP contribution >= 0.6 is 15.9 Å². The highest BCUT2D eigenvalue weighted by molar-refractivity contribution is 9.10. The van der Waals surface area contributed by atoms with Crippen molar-refractivity contribution in [1.29, 1.82) is 0 Å². The Hall–Kier alpha value is -1.10. The van der Waals surface area contributed by atoms with E-state index in [4.69, 9.17) is 14.2 Å². The Morgan fingerprint density at radius 2 is 1.90 bits per heavy atom. The first-order chi connectivity index (χ1) is 9.83. The van der Waals surface area contributed by atoms with Crippen molar-refractivity contribution in [3.05, 3.63) is 40.9 Å². The third-order valence-electron chi connectivity index (χ3n) is 3.36. The van der Waals surface area contributed by atoms with E-state index in [2.05, 4.69) is 34.1 Å². The zero-order valence-corrected chi connectivity index (χ0v) is 12.8. The molecule has 0 unspecified atom stereocenters. The second-order valence-corrected chi connectivity index (χ2v) is 5.86. The fourth-order valence-electron chi connectivity index (χ4n) is 2.31. The fourth-order valence-corrected chi connectivity index (χ4v) is 2.67. The molecule has 0 saturated carbocycles. The van der Waals surface area contributed by atoms with Crippen LogP contribution in [0.3, 0.4) is 0 Å². The van der Waals surface area contributed by atoms with Gasteiger partial charge in [-0.25, -0.2) is 0 Å². The van der Waals surface area contributed by atoms with Gasteiger partial charge in [-0.05, 0) is 23.6 Å². The number of rotatable bonds is 3. The van der Waals surface area contributed by atoms with Gasteiger partial charge in [-0.1, -0.05) is 34.1 Å². The summed E-state index contributed by atoms with van der Waals surface area (Å²) in [6.45, 7) is 3.38. The number of hydrogen-bond donors (Lipinski definition) is 0. The minimum absolute atomic E-state index is 0.292. The lowest BCUT2D eigenvalue weighted by molar-refractivity contribution is 0.101. The Kier molecular flexibility index (Phi) is 4.55. The van der Waals surface area contributed by atoms with Gasteiger partial charge in [0.25, 0.3) is 0 Å². The van der Waals surface area contributed by atoms with Gasteiger partial charge in [0.05, 0.1) is 33.0 Å². The number of benzene rings is 2. The monoisotopic (exact) mass is 336 g/mol. The minimum Gasteiger partial charge on any atom is -0.492 e. The maximum absolute atomic E-state index is 5.99. The molecule has 20 heavy (non-hydrogen) atoms. The largest absolute Gasteiger partial charge is 0.492 e. The maximum atomic E-state index is 5.99. The lowest BCUT2D eigenvalue weighted by atomic mass is 10.1. The van der Waals surface area contributed by atoms with Crippen LogP contribution in [0.1, 0.15) is 0 Å². The highest BCUT2D eigenvalue weighted by atomic mass is 79.9. The van der Waals surface area contributed by atoms with Crippen LogP contribution in [0.2, 0.25) is 0 Å². The lowest BCUT2D eigenvalue weighted by Gasteiger charge is -2.15. The van der Waals surface area contributed by atoms with Gasteiger partial charge in [0.15, 0.2) is 0 Å². The van der Waals surface area contributed by atoms with Gasteiger partial charge in [-0.2, -0.15) is 0 Å². The molecule has 0 bridgehead atoms. The number of ether oxygens (including phenoxy) is 3. The molecular weight excluding hydrogens is 320 g/mol. The van der Waals surface area contributed by atoms with Gasteiger partial charge < -0.3 is 14.2 Å². The second kappa shape index (κ2) is 6.57. The highest BCUT2D eigenvalue weighted by Crippen LogP contribution is 2.28. The molecule has 0 aromatic heterocycles. The average molecular weight is 337 g/mol. The molecule has 3 nitrogen and oxygen atoms in total. The van der Waals surface area contributed by atoms with Crippen LogP contribution in [-0.2, 0) is 9.47 Å². The molecule has 4 heteroatoms. The summed E-state index contributed by atoms with van der Waals surface area (Å²) in [5.74, 6) is 1.20. The lowest BCUT2D eigenvalue weighted by Crippen LogP contribution is -2.20. The van der Waals surface area contributed by atoms with Gasteiger partial charge >= 0.3 is 0 Å². The third kappa shape index (κ3) is 3.32. The summed E-state index contributed by atoms with van der Waals surface area (Å²) in [7, 11) is 0. The quantitative estimate of drug-likeness (QED) is 0.856. The molecule has 1 aliphatic rings. The summed E-state index contributed by atoms with van der Waals surface area (Å²) in [5.41, 5.74) is 0. The van der Waals surface area contributed by atoms with Crippen molar-refractivity contribution in [3.8, 4) is 5.75 Å². The molecule has 1 heterocycles. The second-order valence-electron chi connectivity index (χ2n) is 4.95. The van der Waals surface area contributed by atoms with E-state index in [1.54, 1.807) is 0 Å². The van der Waals surface area contributed by atoms with E-state index in [-0.39, 0.29) is 0 Å². The first-order valence-corrected chi connectivity index (χ1v) is 7.59. The molecule has 3 rings (SSSR count). The molecule has 1 fully saturated rings. The third-order valence-corrected chi connectivity index (χ3v) is 3.85. The molecule has 1 saturated heterocycles. The van der Waals surface area contributed by atoms with Crippen LogP contribution in [0.25, 0.3) is 10.8 Å². The molecule has 0 amide bonds. The normalized spacial score (nSPS) is 17.1. The smallest absolute Gasteiger partial charge is 0.127 e. The number of fused-ring (bicyclic) bond motifs is 1. The van der Waals surface area contributed by atoms with E-state index < -0.39 is 0 Å². The van der Waals surface area contributed by atoms with E-state index >= 15 is 0 Å². The highest BCUT2D eigenvalue weighted by Gasteiger charge is 2.14. The summed E-state index contributed by atoms with van der Waals surface area (Å²) in [4.78, 5) is 0. The standard InChI is InChI=1S/C16H17BrO3/c17-14-5-4-13-2-1-3-16(15(13)8-14)20-11-12-9-18-6-7-19-10-12/h1-5,8,12H,6-7,9-11H2. The first-order valence-electron chi connectivity index (χ1n) is 6.79. The molecule has 106 valence electrons. The van der Waals surface area contributed by atoms with Gasteiger partial charge in [0, 0.05) is 15.8 Å². The van der Waals surface area contributed by atoms with Gasteiger partial charge in [0.2, 0.25) is 0 Å². The van der Waals surface area contributed by atoms with E-state index in [0.29, 0.717) is 39.0 Å². The summed E-state index contributed by atoms with van der Waals surface area (Å²) >= 11 is 3.51. The van der Waals surface area contributed by atoms with Crippen LogP contribution in [0, 0.1) is 5.92 Å². The molecule has 2 aromatic rings. The molecule has 0 aliphatic carbocycles. The fraction of sp³-hybridized carbons (Fsp3) is 0.375. The Morgan fingerprint density at radius 1 is 1.10 bits per heavy atom. The summed E-state index contributed by atoms with van der Waals surface area (Å²) in [6.07, 6.45) is 0. The van der Waals surface area contributed by atoms with Crippen molar-refractivity contribution in [2.75, 3.05) is 33.0 Å². The maximum Gasteiger partial charge on any atom is 0.127 e. The predicted molar refractivity (Wildman–Crippen MR) is 82.3 cm³/mol. The zero-order chi connectivity index (χ0) is 13.8. The summed E-state index contributed by atoms with van der Waals surface area (Å²) in [5, 5.41) is 2.30. The Labute approximate surface area is 127 Å². The van der Waals surface area contributed by atoms with Crippen molar-refractivity contribution in [3.63, 3.8) is 0 Å². The summed E-state index contributed by atoms with van der Waals surface area (Å²) < 4.78 is 18.0. The SMILES string of the molecule is Brc1ccc2cccc(OCC3COCCOC3)c2c1. The van der Waals surface area contributed by atoms with Crippen LogP contribution in [0.4, 0.5) is 0 Å². The molecular formula is C16H17BrO3. The molecule has 0 N–H and O–H groups in total. The predicted octanol–water partition coefficient (Wildman–Crippen LogP) is 3.64. The van der Waals surface area contributed by atoms with Crippen LogP contribution < -0.4 is 4.74 Å². The van der Waals surface area contributed by atoms with Crippen molar-refractivity contribution in [1.82, 2.24) is 0 Å². The van der Waals surface area contributed by atoms with Crippen LogP contribution in [-0.4, -0.2) is 33.0 Å². The molecule has 0 radical (unpaired) electrons. The van der Waals surface area contributed by atoms with E-state index in [1.807, 2.05) is 18.2 Å². The average Bonchev–Trinajstić information content (AvgIpc) is 2.74. The van der Waals surface area contributed by atoms with Crippen molar-refractivity contribution in [2.45, 2.75) is 0 Å². The topological polar surface area (TPSA) is 27.7 Å². The molecule has 1 aliphatic heterocycles. The van der Waals surface area contributed by atoms with E-state index in [9.17, 15) is 0 Å². The molecule has 2 aromatic carbocycles. The van der Waals surface area contributed by atoms with Crippen LogP contribution in [0.5, 0.6) is 5.75 Å². The Morgan fingerprint density at radius 3 is 2.70 bits per heavy atom. The van der Waals surface area contributed by atoms with E-state index in [0.717, 1.165) is 15.6 Å². The Bertz CT molecular complexity index is 577. The molecule has 0 spiro atoms. The van der Waals surface area contributed by atoms with E-state index in [1.165, 1.54) is 5.39 Å². The first kappa shape index (κ1) is 13.9. The van der Waals surface area contributed by atoms with Gasteiger partial charge in [-0.15, -0.1) is 0 Å². The van der Waals surface area contributed by atoms with Crippen molar-refractivity contribution >= 4 is 26.7 Å². The van der Waals surface area contributed by atoms with Gasteiger partial charge in [0.1, 0.15) is 5.75 Å². The summed E-state index contributed by atoms with van der Waals surface area (Å²) in [6, 6.07) is 12.3. The van der Waals surface area contributed by atoms with Crippen molar-refractivity contribution in [2.24, 2.45) is 5.92 Å². The number of halogens is 1.